The second-order valence-corrected chi connectivity index (χ2v) is 7.12. The van der Waals surface area contributed by atoms with Crippen LogP contribution in [-0.4, -0.2) is 4.57 Å². The first kappa shape index (κ1) is 19.0. The van der Waals surface area contributed by atoms with E-state index in [4.69, 9.17) is 11.6 Å². The van der Waals surface area contributed by atoms with Crippen LogP contribution in [0.1, 0.15) is 18.1 Å². The molecule has 1 aromatic heterocycles. The van der Waals surface area contributed by atoms with E-state index in [-0.39, 0.29) is 0 Å². The summed E-state index contributed by atoms with van der Waals surface area (Å²) in [6.07, 6.45) is 2.18. The minimum absolute atomic E-state index is 0.478. The van der Waals surface area contributed by atoms with Crippen LogP contribution in [0.2, 0.25) is 0 Å². The van der Waals surface area contributed by atoms with Crippen LogP contribution in [-0.2, 0) is 19.6 Å². The zero-order chi connectivity index (χ0) is 20.4. The maximum Gasteiger partial charge on any atom is 0.115 e. The van der Waals surface area contributed by atoms with Crippen LogP contribution >= 0.6 is 0 Å². The van der Waals surface area contributed by atoms with Crippen molar-refractivity contribution in [2.75, 3.05) is 5.01 Å². The lowest BCUT2D eigenvalue weighted by atomic mass is 10.1. The van der Waals surface area contributed by atoms with E-state index in [0.717, 1.165) is 45.3 Å². The van der Waals surface area contributed by atoms with Crippen LogP contribution in [0.4, 0.5) is 10.1 Å². The third kappa shape index (κ3) is 3.45. The molecule has 0 aliphatic rings. The number of aromatic nitrogens is 1. The fourth-order valence-electron chi connectivity index (χ4n) is 3.91. The van der Waals surface area contributed by atoms with E-state index in [1.807, 2.05) is 54.6 Å². The van der Waals surface area contributed by atoms with Gasteiger partial charge in [-0.25, -0.2) is 10.2 Å². The number of nitrogens with zero attached hydrogens (tertiary/aromatic N) is 2. The summed E-state index contributed by atoms with van der Waals surface area (Å²) in [5.41, 5.74) is 11.6. The lowest BCUT2D eigenvalue weighted by molar-refractivity contribution is 0.485. The van der Waals surface area contributed by atoms with Crippen LogP contribution in [0, 0.1) is 0 Å². The molecule has 4 aromatic rings. The van der Waals surface area contributed by atoms with Crippen LogP contribution in [0.15, 0.2) is 78.6 Å². The average Bonchev–Trinajstić information content (AvgIpc) is 3.09. The molecule has 1 heterocycles. The van der Waals surface area contributed by atoms with Gasteiger partial charge in [0.25, 0.3) is 0 Å². The molecule has 0 saturated carbocycles. The number of benzene rings is 3. The number of hydrazine groups is 1. The van der Waals surface area contributed by atoms with Gasteiger partial charge in [-0.3, -0.25) is 5.01 Å². The van der Waals surface area contributed by atoms with E-state index in [1.54, 1.807) is 11.2 Å². The highest BCUT2D eigenvalue weighted by molar-refractivity contribution is 6.09. The quantitative estimate of drug-likeness (QED) is 0.361. The molecule has 3 aromatic carbocycles. The summed E-state index contributed by atoms with van der Waals surface area (Å²) in [7, 11) is 0. The third-order valence-corrected chi connectivity index (χ3v) is 5.39. The number of aryl methyl sites for hydroxylation is 1. The Morgan fingerprint density at radius 2 is 1.66 bits per heavy atom. The van der Waals surface area contributed by atoms with Gasteiger partial charge in [-0.05, 0) is 48.4 Å². The first-order chi connectivity index (χ1) is 14.2. The van der Waals surface area contributed by atoms with E-state index >= 15 is 0 Å². The Bertz CT molecular complexity index is 1180. The fraction of sp³-hybridized carbons (Fsp3) is 0.167. The summed E-state index contributed by atoms with van der Waals surface area (Å²) in [6, 6.07) is 22.0. The average molecular weight is 388 g/mol. The van der Waals surface area contributed by atoms with Gasteiger partial charge in [0.1, 0.15) is 6.67 Å². The lowest BCUT2D eigenvalue weighted by Crippen LogP contribution is -2.31. The van der Waals surface area contributed by atoms with Crippen molar-refractivity contribution in [3.63, 3.8) is 0 Å². The molecule has 4 rings (SSSR count). The van der Waals surface area contributed by atoms with Crippen molar-refractivity contribution < 1.29 is 4.39 Å². The Labute approximate surface area is 169 Å². The van der Waals surface area contributed by atoms with Crippen molar-refractivity contribution in [1.82, 2.24) is 4.57 Å². The summed E-state index contributed by atoms with van der Waals surface area (Å²) >= 11 is 0. The minimum Gasteiger partial charge on any atom is -0.403 e. The Hall–Kier alpha value is -3.31. The van der Waals surface area contributed by atoms with Gasteiger partial charge in [-0.1, -0.05) is 36.4 Å². The van der Waals surface area contributed by atoms with E-state index in [1.165, 1.54) is 0 Å². The molecule has 5 heteroatoms. The largest absolute Gasteiger partial charge is 0.403 e. The fourth-order valence-corrected chi connectivity index (χ4v) is 3.91. The monoisotopic (exact) mass is 388 g/mol. The van der Waals surface area contributed by atoms with Crippen LogP contribution < -0.4 is 16.6 Å². The minimum atomic E-state index is -0.478. The normalized spacial score (nSPS) is 12.0. The predicted molar refractivity (Wildman–Crippen MR) is 119 cm³/mol. The number of hydrogen-bond acceptors (Lipinski definition) is 3. The smallest absolute Gasteiger partial charge is 0.115 e. The van der Waals surface area contributed by atoms with Crippen LogP contribution in [0.3, 0.4) is 0 Å². The standard InChI is InChI=1S/C24H25FN4/c1-2-28-23-10-8-18(15-25)13-21(23)22-14-19(9-11-24(22)28)29(27)20(16-26)12-17-6-4-3-5-7-17/h3-11,13-14,16H,2,12,15,26-27H2,1H3/b20-16-. The Balaban J connectivity index is 1.78. The number of nitrogens with two attached hydrogens (primary N) is 2. The van der Waals surface area contributed by atoms with E-state index in [9.17, 15) is 4.39 Å². The molecule has 0 saturated heterocycles. The zero-order valence-electron chi connectivity index (χ0n) is 16.5. The van der Waals surface area contributed by atoms with Gasteiger partial charge in [0.05, 0.1) is 11.4 Å². The van der Waals surface area contributed by atoms with Crippen molar-refractivity contribution in [1.29, 1.82) is 0 Å². The number of anilines is 1. The van der Waals surface area contributed by atoms with Gasteiger partial charge >= 0.3 is 0 Å². The van der Waals surface area contributed by atoms with Crippen molar-refractivity contribution in [2.45, 2.75) is 26.6 Å². The lowest BCUT2D eigenvalue weighted by Gasteiger charge is -2.22. The molecule has 148 valence electrons. The molecular weight excluding hydrogens is 363 g/mol. The molecule has 4 nitrogen and oxygen atoms in total. The second-order valence-electron chi connectivity index (χ2n) is 7.12. The summed E-state index contributed by atoms with van der Waals surface area (Å²) in [6.45, 7) is 2.47. The number of alkyl halides is 1. The van der Waals surface area contributed by atoms with Crippen molar-refractivity contribution in [3.8, 4) is 0 Å². The maximum absolute atomic E-state index is 13.3. The van der Waals surface area contributed by atoms with Crippen LogP contribution in [0.5, 0.6) is 0 Å². The summed E-state index contributed by atoms with van der Waals surface area (Å²) in [5, 5.41) is 3.72. The van der Waals surface area contributed by atoms with Crippen molar-refractivity contribution >= 4 is 27.5 Å². The Morgan fingerprint density at radius 3 is 2.31 bits per heavy atom. The van der Waals surface area contributed by atoms with Crippen molar-refractivity contribution in [3.05, 3.63) is 89.8 Å². The first-order valence-electron chi connectivity index (χ1n) is 9.76. The topological polar surface area (TPSA) is 60.2 Å². The third-order valence-electron chi connectivity index (χ3n) is 5.39. The molecule has 0 radical (unpaired) electrons. The highest BCUT2D eigenvalue weighted by atomic mass is 19.1. The molecule has 0 spiro atoms. The number of rotatable bonds is 6. The zero-order valence-corrected chi connectivity index (χ0v) is 16.5. The highest BCUT2D eigenvalue weighted by Gasteiger charge is 2.14. The molecule has 0 aliphatic carbocycles. The number of halogens is 1. The first-order valence-corrected chi connectivity index (χ1v) is 9.76. The van der Waals surface area contributed by atoms with Gasteiger partial charge in [-0.15, -0.1) is 0 Å². The Kier molecular flexibility index (Phi) is 5.23. The molecule has 0 aliphatic heterocycles. The maximum atomic E-state index is 13.3. The number of fused-ring (bicyclic) bond motifs is 3. The molecule has 29 heavy (non-hydrogen) atoms. The van der Waals surface area contributed by atoms with Gasteiger partial charge in [0, 0.05) is 41.0 Å². The molecular formula is C24H25FN4. The van der Waals surface area contributed by atoms with Crippen LogP contribution in [0.25, 0.3) is 21.8 Å². The van der Waals surface area contributed by atoms with Gasteiger partial charge in [0.2, 0.25) is 0 Å². The number of hydrogen-bond donors (Lipinski definition) is 2. The second kappa shape index (κ2) is 7.97. The molecule has 0 atom stereocenters. The van der Waals surface area contributed by atoms with E-state index in [0.29, 0.717) is 12.0 Å². The van der Waals surface area contributed by atoms with Gasteiger partial charge < -0.3 is 10.3 Å². The molecule has 4 N–H and O–H groups in total. The summed E-state index contributed by atoms with van der Waals surface area (Å²) in [5.74, 6) is 6.45. The van der Waals surface area contributed by atoms with Gasteiger partial charge in [0.15, 0.2) is 0 Å². The summed E-state index contributed by atoms with van der Waals surface area (Å²) in [4.78, 5) is 0. The highest BCUT2D eigenvalue weighted by Crippen LogP contribution is 2.33. The van der Waals surface area contributed by atoms with Gasteiger partial charge in [-0.2, -0.15) is 0 Å². The van der Waals surface area contributed by atoms with E-state index < -0.39 is 6.67 Å². The van der Waals surface area contributed by atoms with E-state index in [2.05, 4.69) is 23.6 Å². The molecule has 0 amide bonds. The molecule has 0 bridgehead atoms. The molecule has 0 unspecified atom stereocenters. The molecule has 0 fully saturated rings. The predicted octanol–water partition coefficient (Wildman–Crippen LogP) is 5.01. The number of allylic oxidation sites excluding steroid dienone is 1. The Morgan fingerprint density at radius 1 is 0.966 bits per heavy atom. The summed E-state index contributed by atoms with van der Waals surface area (Å²) < 4.78 is 15.5. The SMILES string of the molecule is CCn1c2ccc(CF)cc2c2cc(N(N)/C(=C\N)Cc3ccccc3)ccc21. The van der Waals surface area contributed by atoms with Crippen molar-refractivity contribution in [2.24, 2.45) is 11.6 Å².